The number of hydrogen-bond acceptors (Lipinski definition) is 4. The van der Waals surface area contributed by atoms with Gasteiger partial charge in [0.2, 0.25) is 11.8 Å². The average molecular weight is 670 g/mol. The summed E-state index contributed by atoms with van der Waals surface area (Å²) < 4.78 is 43.8. The van der Waals surface area contributed by atoms with Gasteiger partial charge >= 0.3 is 0 Å². The summed E-state index contributed by atoms with van der Waals surface area (Å²) in [5.41, 5.74) is 4.29. The molecule has 1 saturated carbocycles. The third-order valence-electron chi connectivity index (χ3n) is 9.01. The predicted molar refractivity (Wildman–Crippen MR) is 188 cm³/mol. The minimum atomic E-state index is -4.21. The molecule has 1 N–H and O–H groups in total. The van der Waals surface area contributed by atoms with Crippen molar-refractivity contribution in [2.24, 2.45) is 0 Å². The minimum absolute atomic E-state index is 0.000605. The molecule has 0 heterocycles. The van der Waals surface area contributed by atoms with Gasteiger partial charge in [-0.25, -0.2) is 12.8 Å². The van der Waals surface area contributed by atoms with Crippen LogP contribution in [0, 0.1) is 26.6 Å². The van der Waals surface area contributed by atoms with E-state index in [0.29, 0.717) is 16.8 Å². The van der Waals surface area contributed by atoms with Crippen LogP contribution in [0.5, 0.6) is 0 Å². The van der Waals surface area contributed by atoms with Gasteiger partial charge in [0, 0.05) is 19.0 Å². The Morgan fingerprint density at radius 3 is 2.12 bits per heavy atom. The maximum atomic E-state index is 14.7. The molecule has 7 nitrogen and oxygen atoms in total. The molecular weight excluding hydrogens is 626 g/mol. The lowest BCUT2D eigenvalue weighted by Crippen LogP contribution is -2.55. The molecule has 9 heteroatoms. The van der Waals surface area contributed by atoms with Crippen molar-refractivity contribution >= 4 is 27.5 Å². The van der Waals surface area contributed by atoms with Gasteiger partial charge in [0.25, 0.3) is 10.0 Å². The fraction of sp³-hybridized carbons (Fsp3) is 0.333. The summed E-state index contributed by atoms with van der Waals surface area (Å²) in [5.74, 6) is -1.26. The lowest BCUT2D eigenvalue weighted by atomic mass is 9.94. The van der Waals surface area contributed by atoms with Gasteiger partial charge in [-0.2, -0.15) is 0 Å². The van der Waals surface area contributed by atoms with Crippen LogP contribution in [0.1, 0.15) is 59.9 Å². The number of benzene rings is 4. The van der Waals surface area contributed by atoms with Crippen LogP contribution in [-0.2, 0) is 32.6 Å². The molecule has 1 fully saturated rings. The molecule has 48 heavy (non-hydrogen) atoms. The van der Waals surface area contributed by atoms with Crippen molar-refractivity contribution < 1.29 is 22.4 Å². The number of nitrogens with one attached hydrogen (secondary N) is 1. The van der Waals surface area contributed by atoms with Gasteiger partial charge in [0.15, 0.2) is 0 Å². The fourth-order valence-electron chi connectivity index (χ4n) is 6.22. The second-order valence-electron chi connectivity index (χ2n) is 12.8. The Kier molecular flexibility index (Phi) is 11.3. The van der Waals surface area contributed by atoms with Crippen molar-refractivity contribution in [1.29, 1.82) is 0 Å². The molecular formula is C39H44FN3O4S. The van der Waals surface area contributed by atoms with E-state index < -0.39 is 34.3 Å². The summed E-state index contributed by atoms with van der Waals surface area (Å²) >= 11 is 0. The normalized spacial score (nSPS) is 14.2. The Hall–Kier alpha value is -4.50. The second kappa shape index (κ2) is 15.6. The molecule has 0 spiro atoms. The van der Waals surface area contributed by atoms with E-state index in [1.54, 1.807) is 42.5 Å². The molecule has 1 aliphatic rings. The van der Waals surface area contributed by atoms with E-state index in [-0.39, 0.29) is 29.8 Å². The highest BCUT2D eigenvalue weighted by molar-refractivity contribution is 7.92. The Balaban J connectivity index is 1.58. The maximum absolute atomic E-state index is 14.7. The highest BCUT2D eigenvalue weighted by atomic mass is 32.2. The van der Waals surface area contributed by atoms with E-state index in [0.717, 1.165) is 53.1 Å². The summed E-state index contributed by atoms with van der Waals surface area (Å²) in [5, 5.41) is 3.21. The van der Waals surface area contributed by atoms with Gasteiger partial charge in [-0.15, -0.1) is 0 Å². The van der Waals surface area contributed by atoms with Crippen molar-refractivity contribution in [2.45, 2.75) is 82.8 Å². The molecule has 2 amide bonds. The van der Waals surface area contributed by atoms with Crippen LogP contribution < -0.4 is 9.62 Å². The standard InChI is InChI=1S/C39H44FN3O4S/c1-28-15-22-35(23-16-28)48(46,47)43(36-24-29(2)14-17-30(36)3)27-38(44)42(26-32-18-20-33(40)21-19-32)37(25-31-10-6-4-7-11-31)39(45)41-34-12-8-5-9-13-34/h4,6-7,10-11,14-24,34,37H,5,8-9,12-13,25-27H2,1-3H3,(H,41,45)/t37-/m1/s1. The van der Waals surface area contributed by atoms with Crippen LogP contribution in [0.25, 0.3) is 0 Å². The summed E-state index contributed by atoms with van der Waals surface area (Å²) in [6.45, 7) is 5.00. The number of aryl methyl sites for hydroxylation is 3. The van der Waals surface area contributed by atoms with Crippen LogP contribution in [0.15, 0.2) is 102 Å². The fourth-order valence-corrected chi connectivity index (χ4v) is 7.69. The van der Waals surface area contributed by atoms with Crippen LogP contribution in [0.2, 0.25) is 0 Å². The smallest absolute Gasteiger partial charge is 0.264 e. The highest BCUT2D eigenvalue weighted by Crippen LogP contribution is 2.29. The molecule has 0 radical (unpaired) electrons. The number of carbonyl (C=O) groups excluding carboxylic acids is 2. The number of anilines is 1. The largest absolute Gasteiger partial charge is 0.352 e. The van der Waals surface area contributed by atoms with Gasteiger partial charge < -0.3 is 10.2 Å². The maximum Gasteiger partial charge on any atom is 0.264 e. The van der Waals surface area contributed by atoms with Gasteiger partial charge in [0.05, 0.1) is 10.6 Å². The Labute approximate surface area is 283 Å². The summed E-state index contributed by atoms with van der Waals surface area (Å²) in [6, 6.07) is 26.3. The van der Waals surface area contributed by atoms with E-state index >= 15 is 0 Å². The Morgan fingerprint density at radius 2 is 1.46 bits per heavy atom. The Bertz CT molecular complexity index is 1810. The van der Waals surface area contributed by atoms with Gasteiger partial charge in [0.1, 0.15) is 18.4 Å². The van der Waals surface area contributed by atoms with Crippen molar-refractivity contribution in [2.75, 3.05) is 10.8 Å². The molecule has 0 bridgehead atoms. The molecule has 4 aromatic carbocycles. The molecule has 1 atom stereocenters. The van der Waals surface area contributed by atoms with E-state index in [4.69, 9.17) is 0 Å². The molecule has 5 rings (SSSR count). The van der Waals surface area contributed by atoms with Crippen LogP contribution in [-0.4, -0.2) is 43.8 Å². The van der Waals surface area contributed by atoms with E-state index in [1.165, 1.54) is 17.0 Å². The quantitative estimate of drug-likeness (QED) is 0.176. The summed E-state index contributed by atoms with van der Waals surface area (Å²) in [6.07, 6.45) is 5.12. The first-order valence-corrected chi connectivity index (χ1v) is 18.0. The van der Waals surface area contributed by atoms with Crippen LogP contribution in [0.3, 0.4) is 0 Å². The first kappa shape index (κ1) is 34.8. The van der Waals surface area contributed by atoms with Crippen molar-refractivity contribution in [3.8, 4) is 0 Å². The highest BCUT2D eigenvalue weighted by Gasteiger charge is 2.36. The molecule has 0 unspecified atom stereocenters. The zero-order valence-electron chi connectivity index (χ0n) is 27.9. The zero-order valence-corrected chi connectivity index (χ0v) is 28.7. The van der Waals surface area contributed by atoms with E-state index in [2.05, 4.69) is 5.32 Å². The first-order chi connectivity index (χ1) is 23.0. The van der Waals surface area contributed by atoms with E-state index in [9.17, 15) is 22.4 Å². The number of sulfonamides is 1. The SMILES string of the molecule is Cc1ccc(S(=O)(=O)N(CC(=O)N(Cc2ccc(F)cc2)[C@H](Cc2ccccc2)C(=O)NC2CCCCC2)c2cc(C)ccc2C)cc1. The van der Waals surface area contributed by atoms with Crippen molar-refractivity contribution in [3.63, 3.8) is 0 Å². The zero-order chi connectivity index (χ0) is 34.3. The molecule has 4 aromatic rings. The molecule has 252 valence electrons. The first-order valence-electron chi connectivity index (χ1n) is 16.6. The molecule has 1 aliphatic carbocycles. The number of amides is 2. The average Bonchev–Trinajstić information content (AvgIpc) is 3.08. The Morgan fingerprint density at radius 1 is 0.812 bits per heavy atom. The minimum Gasteiger partial charge on any atom is -0.352 e. The third-order valence-corrected chi connectivity index (χ3v) is 10.8. The van der Waals surface area contributed by atoms with Gasteiger partial charge in [-0.1, -0.05) is 91.6 Å². The number of rotatable bonds is 12. The second-order valence-corrected chi connectivity index (χ2v) is 14.7. The predicted octanol–water partition coefficient (Wildman–Crippen LogP) is 7.04. The van der Waals surface area contributed by atoms with Gasteiger partial charge in [-0.05, 0) is 86.2 Å². The number of carbonyl (C=O) groups is 2. The van der Waals surface area contributed by atoms with Crippen molar-refractivity contribution in [1.82, 2.24) is 10.2 Å². The summed E-state index contributed by atoms with van der Waals surface area (Å²) in [7, 11) is -4.21. The lowest BCUT2D eigenvalue weighted by Gasteiger charge is -2.35. The monoisotopic (exact) mass is 669 g/mol. The number of hydrogen-bond donors (Lipinski definition) is 1. The third kappa shape index (κ3) is 8.69. The number of nitrogens with zero attached hydrogens (tertiary/aromatic N) is 2. The van der Waals surface area contributed by atoms with Gasteiger partial charge in [-0.3, -0.25) is 13.9 Å². The van der Waals surface area contributed by atoms with Crippen molar-refractivity contribution in [3.05, 3.63) is 131 Å². The van der Waals surface area contributed by atoms with Crippen LogP contribution in [0.4, 0.5) is 10.1 Å². The molecule has 0 aromatic heterocycles. The molecule has 0 aliphatic heterocycles. The summed E-state index contributed by atoms with van der Waals surface area (Å²) in [4.78, 5) is 30.5. The molecule has 0 saturated heterocycles. The lowest BCUT2D eigenvalue weighted by molar-refractivity contribution is -0.140. The topological polar surface area (TPSA) is 86.8 Å². The number of halogens is 1. The van der Waals surface area contributed by atoms with Crippen LogP contribution >= 0.6 is 0 Å². The van der Waals surface area contributed by atoms with E-state index in [1.807, 2.05) is 63.2 Å².